The van der Waals surface area contributed by atoms with Gasteiger partial charge in [-0.05, 0) is 43.4 Å². The monoisotopic (exact) mass is 206 g/mol. The third-order valence-electron chi connectivity index (χ3n) is 4.50. The van der Waals surface area contributed by atoms with Crippen LogP contribution in [-0.2, 0) is 0 Å². The van der Waals surface area contributed by atoms with E-state index < -0.39 is 0 Å². The maximum Gasteiger partial charge on any atom is 0.211 e. The van der Waals surface area contributed by atoms with E-state index in [-0.39, 0.29) is 5.96 Å². The Balaban J connectivity index is 1.81. The third kappa shape index (κ3) is 1.34. The Morgan fingerprint density at radius 1 is 1.20 bits per heavy atom. The summed E-state index contributed by atoms with van der Waals surface area (Å²) in [6.07, 6.45) is 6.74. The summed E-state index contributed by atoms with van der Waals surface area (Å²) < 4.78 is 0. The molecule has 82 valence electrons. The number of hydrogen-bond acceptors (Lipinski definition) is 2. The molecule has 0 saturated heterocycles. The van der Waals surface area contributed by atoms with E-state index in [0.29, 0.717) is 5.92 Å². The Hall–Kier alpha value is -1.06. The molecule has 4 nitrogen and oxygen atoms in total. The van der Waals surface area contributed by atoms with Gasteiger partial charge in [-0.2, -0.15) is 5.10 Å². The minimum Gasteiger partial charge on any atom is -0.369 e. The lowest BCUT2D eigenvalue weighted by Gasteiger charge is -2.25. The molecule has 4 atom stereocenters. The van der Waals surface area contributed by atoms with Crippen molar-refractivity contribution in [2.24, 2.45) is 45.3 Å². The molecule has 4 N–H and O–H groups in total. The second kappa shape index (κ2) is 3.22. The van der Waals surface area contributed by atoms with E-state index >= 15 is 0 Å². The van der Waals surface area contributed by atoms with Gasteiger partial charge in [0.15, 0.2) is 0 Å². The summed E-state index contributed by atoms with van der Waals surface area (Å²) in [5.41, 5.74) is 11.9. The second-order valence-electron chi connectivity index (χ2n) is 5.18. The molecule has 3 aliphatic carbocycles. The summed E-state index contributed by atoms with van der Waals surface area (Å²) in [6, 6.07) is 0. The highest BCUT2D eigenvalue weighted by Gasteiger charge is 2.52. The van der Waals surface area contributed by atoms with Crippen molar-refractivity contribution in [2.45, 2.75) is 32.1 Å². The van der Waals surface area contributed by atoms with Gasteiger partial charge < -0.3 is 11.5 Å². The molecule has 4 heteroatoms. The first kappa shape index (κ1) is 9.19. The molecule has 3 fully saturated rings. The zero-order chi connectivity index (χ0) is 10.4. The summed E-state index contributed by atoms with van der Waals surface area (Å²) in [6.45, 7) is 0. The van der Waals surface area contributed by atoms with Crippen molar-refractivity contribution in [3.05, 3.63) is 0 Å². The van der Waals surface area contributed by atoms with Crippen molar-refractivity contribution in [2.75, 3.05) is 0 Å². The van der Waals surface area contributed by atoms with Crippen molar-refractivity contribution < 1.29 is 0 Å². The molecule has 0 aromatic heterocycles. The molecule has 0 amide bonds. The Bertz CT molecular complexity index is 329. The first-order valence-corrected chi connectivity index (χ1v) is 5.91. The van der Waals surface area contributed by atoms with Gasteiger partial charge in [-0.1, -0.05) is 6.42 Å². The van der Waals surface area contributed by atoms with Crippen molar-refractivity contribution in [3.63, 3.8) is 0 Å². The van der Waals surface area contributed by atoms with Crippen molar-refractivity contribution in [1.82, 2.24) is 0 Å². The topological polar surface area (TPSA) is 76.8 Å². The van der Waals surface area contributed by atoms with E-state index in [0.717, 1.165) is 24.2 Å². The van der Waals surface area contributed by atoms with Crippen molar-refractivity contribution >= 4 is 11.7 Å². The molecule has 0 radical (unpaired) electrons. The highest BCUT2D eigenvalue weighted by atomic mass is 15.3. The quantitative estimate of drug-likeness (QED) is 0.382. The van der Waals surface area contributed by atoms with E-state index in [4.69, 9.17) is 11.5 Å². The molecule has 3 aliphatic rings. The fraction of sp³-hybridized carbons (Fsp3) is 0.818. The van der Waals surface area contributed by atoms with Gasteiger partial charge in [0.25, 0.3) is 0 Å². The third-order valence-corrected chi connectivity index (χ3v) is 4.50. The smallest absolute Gasteiger partial charge is 0.211 e. The first-order chi connectivity index (χ1) is 7.25. The van der Waals surface area contributed by atoms with Gasteiger partial charge >= 0.3 is 0 Å². The molecule has 4 unspecified atom stereocenters. The maximum absolute atomic E-state index is 5.30. The van der Waals surface area contributed by atoms with Gasteiger partial charge in [0.2, 0.25) is 5.96 Å². The molecule has 0 spiro atoms. The van der Waals surface area contributed by atoms with Gasteiger partial charge in [0.05, 0.1) is 0 Å². The lowest BCUT2D eigenvalue weighted by molar-refractivity contribution is 0.333. The number of fused-ring (bicyclic) bond motifs is 5. The van der Waals surface area contributed by atoms with Crippen LogP contribution in [0.3, 0.4) is 0 Å². The predicted molar refractivity (Wildman–Crippen MR) is 60.3 cm³/mol. The molecule has 15 heavy (non-hydrogen) atoms. The number of rotatable bonds is 1. The Morgan fingerprint density at radius 2 is 2.00 bits per heavy atom. The average Bonchev–Trinajstić information content (AvgIpc) is 2.86. The summed E-state index contributed by atoms with van der Waals surface area (Å²) in [5.74, 6) is 3.55. The van der Waals surface area contributed by atoms with Crippen LogP contribution in [0.1, 0.15) is 32.1 Å². The molecule has 0 aliphatic heterocycles. The van der Waals surface area contributed by atoms with E-state index in [1.165, 1.54) is 31.4 Å². The number of guanidine groups is 1. The van der Waals surface area contributed by atoms with Crippen LogP contribution in [0.5, 0.6) is 0 Å². The summed E-state index contributed by atoms with van der Waals surface area (Å²) in [7, 11) is 0. The standard InChI is InChI=1S/C11H18N4/c12-11(13)15-14-10-5-6-4-9(10)8-3-1-2-7(6)8/h6-9H,1-5H2,(H4,12,13,15)/b14-10+. The molecule has 0 heterocycles. The zero-order valence-corrected chi connectivity index (χ0v) is 8.89. The van der Waals surface area contributed by atoms with Crippen LogP contribution in [-0.4, -0.2) is 11.7 Å². The minimum absolute atomic E-state index is 0.0771. The Morgan fingerprint density at radius 3 is 2.80 bits per heavy atom. The molecule has 0 aromatic rings. The molecule has 0 aromatic carbocycles. The highest BCUT2D eigenvalue weighted by molar-refractivity contribution is 5.91. The number of nitrogens with two attached hydrogens (primary N) is 2. The fourth-order valence-electron chi connectivity index (χ4n) is 4.05. The molecule has 2 bridgehead atoms. The lowest BCUT2D eigenvalue weighted by Crippen LogP contribution is -2.25. The normalized spacial score (nSPS) is 44.7. The van der Waals surface area contributed by atoms with Crippen LogP contribution in [0.15, 0.2) is 10.2 Å². The van der Waals surface area contributed by atoms with E-state index in [1.807, 2.05) is 0 Å². The van der Waals surface area contributed by atoms with Crippen LogP contribution in [0.4, 0.5) is 0 Å². The molecular formula is C11H18N4. The van der Waals surface area contributed by atoms with Crippen LogP contribution in [0.25, 0.3) is 0 Å². The van der Waals surface area contributed by atoms with Gasteiger partial charge in [0, 0.05) is 11.6 Å². The second-order valence-corrected chi connectivity index (χ2v) is 5.18. The summed E-state index contributed by atoms with van der Waals surface area (Å²) >= 11 is 0. The Kier molecular flexibility index (Phi) is 1.97. The molecular weight excluding hydrogens is 188 g/mol. The number of nitrogens with zero attached hydrogens (tertiary/aromatic N) is 2. The van der Waals surface area contributed by atoms with Crippen LogP contribution in [0, 0.1) is 23.7 Å². The number of hydrogen-bond donors (Lipinski definition) is 2. The first-order valence-electron chi connectivity index (χ1n) is 5.91. The van der Waals surface area contributed by atoms with Gasteiger partial charge in [0.1, 0.15) is 0 Å². The average molecular weight is 206 g/mol. The largest absolute Gasteiger partial charge is 0.369 e. The highest BCUT2D eigenvalue weighted by Crippen LogP contribution is 2.57. The predicted octanol–water partition coefficient (Wildman–Crippen LogP) is 1.07. The van der Waals surface area contributed by atoms with Crippen LogP contribution >= 0.6 is 0 Å². The van der Waals surface area contributed by atoms with Crippen molar-refractivity contribution in [3.8, 4) is 0 Å². The SMILES string of the molecule is NC(N)=N/N=C1\CC2CC1C1CCCC21. The van der Waals surface area contributed by atoms with E-state index in [1.54, 1.807) is 0 Å². The maximum atomic E-state index is 5.30. The van der Waals surface area contributed by atoms with Gasteiger partial charge in [-0.3, -0.25) is 0 Å². The van der Waals surface area contributed by atoms with E-state index in [2.05, 4.69) is 10.2 Å². The fourth-order valence-corrected chi connectivity index (χ4v) is 4.05. The summed E-state index contributed by atoms with van der Waals surface area (Å²) in [4.78, 5) is 0. The Labute approximate surface area is 89.8 Å². The summed E-state index contributed by atoms with van der Waals surface area (Å²) in [5, 5.41) is 8.02. The van der Waals surface area contributed by atoms with Gasteiger partial charge in [-0.25, -0.2) is 0 Å². The van der Waals surface area contributed by atoms with Crippen LogP contribution < -0.4 is 11.5 Å². The lowest BCUT2D eigenvalue weighted by atomic mass is 9.81. The van der Waals surface area contributed by atoms with E-state index in [9.17, 15) is 0 Å². The van der Waals surface area contributed by atoms with Gasteiger partial charge in [-0.15, -0.1) is 5.10 Å². The zero-order valence-electron chi connectivity index (χ0n) is 8.89. The molecule has 3 saturated carbocycles. The van der Waals surface area contributed by atoms with Crippen molar-refractivity contribution in [1.29, 1.82) is 0 Å². The van der Waals surface area contributed by atoms with Crippen LogP contribution in [0.2, 0.25) is 0 Å². The minimum atomic E-state index is 0.0771. The molecule has 3 rings (SSSR count).